The van der Waals surface area contributed by atoms with E-state index in [1.54, 1.807) is 23.9 Å². The summed E-state index contributed by atoms with van der Waals surface area (Å²) in [6, 6.07) is 3.53. The number of hydrogen-bond acceptors (Lipinski definition) is 5. The number of rotatable bonds is 6. The normalized spacial score (nSPS) is 10.6. The molecule has 7 heteroatoms. The number of aromatic nitrogens is 3. The molecule has 2 rings (SSSR count). The van der Waals surface area contributed by atoms with E-state index in [0.717, 1.165) is 22.4 Å². The number of aryl methyl sites for hydroxylation is 1. The molecule has 0 aliphatic heterocycles. The highest BCUT2D eigenvalue weighted by Gasteiger charge is 2.13. The number of benzene rings is 1. The molecule has 0 unspecified atom stereocenters. The van der Waals surface area contributed by atoms with Crippen LogP contribution < -0.4 is 9.47 Å². The molecule has 0 saturated carbocycles. The fourth-order valence-electron chi connectivity index (χ4n) is 1.81. The van der Waals surface area contributed by atoms with Crippen molar-refractivity contribution in [2.75, 3.05) is 7.11 Å². The van der Waals surface area contributed by atoms with E-state index in [9.17, 15) is 5.11 Å². The predicted octanol–water partition coefficient (Wildman–Crippen LogP) is 2.14. The van der Waals surface area contributed by atoms with Gasteiger partial charge in [-0.05, 0) is 40.5 Å². The summed E-state index contributed by atoms with van der Waals surface area (Å²) in [6.45, 7) is 2.96. The Morgan fingerprint density at radius 3 is 2.85 bits per heavy atom. The second kappa shape index (κ2) is 6.71. The maximum absolute atomic E-state index is 9.18. The summed E-state index contributed by atoms with van der Waals surface area (Å²) in [7, 11) is 1.56. The maximum Gasteiger partial charge on any atom is 0.176 e. The summed E-state index contributed by atoms with van der Waals surface area (Å²) >= 11 is 3.42. The van der Waals surface area contributed by atoms with Crippen molar-refractivity contribution in [1.82, 2.24) is 14.8 Å². The fraction of sp³-hybridized carbons (Fsp3) is 0.385. The van der Waals surface area contributed by atoms with Gasteiger partial charge >= 0.3 is 0 Å². The average molecular weight is 342 g/mol. The second-order valence-electron chi connectivity index (χ2n) is 4.05. The van der Waals surface area contributed by atoms with Gasteiger partial charge in [-0.1, -0.05) is 0 Å². The molecule has 0 spiro atoms. The van der Waals surface area contributed by atoms with Crippen LogP contribution in [0.4, 0.5) is 0 Å². The van der Waals surface area contributed by atoms with E-state index in [2.05, 4.69) is 26.0 Å². The Kier molecular flexibility index (Phi) is 4.97. The number of methoxy groups -OCH3 is 1. The number of hydrogen-bond donors (Lipinski definition) is 1. The lowest BCUT2D eigenvalue weighted by atomic mass is 10.2. The van der Waals surface area contributed by atoms with E-state index in [-0.39, 0.29) is 6.61 Å². The van der Waals surface area contributed by atoms with Gasteiger partial charge in [-0.2, -0.15) is 5.10 Å². The molecule has 0 fully saturated rings. The van der Waals surface area contributed by atoms with Gasteiger partial charge in [0.1, 0.15) is 12.9 Å². The van der Waals surface area contributed by atoms with E-state index in [1.165, 1.54) is 6.33 Å². The molecule has 1 heterocycles. The molecule has 0 radical (unpaired) electrons. The summed E-state index contributed by atoms with van der Waals surface area (Å²) in [5, 5.41) is 13.3. The Labute approximate surface area is 125 Å². The molecular weight excluding hydrogens is 326 g/mol. The molecule has 0 aliphatic carbocycles. The third kappa shape index (κ3) is 3.10. The summed E-state index contributed by atoms with van der Waals surface area (Å²) < 4.78 is 13.5. The molecule has 0 aliphatic rings. The standard InChI is InChI=1S/C13H16BrN3O3/c1-3-17-12(15-8-16-17)7-20-13-10(14)4-9(6-18)5-11(13)19-2/h4-5,8,18H,3,6-7H2,1-2H3. The monoisotopic (exact) mass is 341 g/mol. The molecule has 6 nitrogen and oxygen atoms in total. The minimum Gasteiger partial charge on any atom is -0.493 e. The number of halogens is 1. The lowest BCUT2D eigenvalue weighted by Crippen LogP contribution is -2.08. The van der Waals surface area contributed by atoms with E-state index in [1.807, 2.05) is 6.92 Å². The molecule has 2 aromatic rings. The van der Waals surface area contributed by atoms with Crippen LogP contribution >= 0.6 is 15.9 Å². The molecule has 20 heavy (non-hydrogen) atoms. The molecule has 0 bridgehead atoms. The molecule has 1 N–H and O–H groups in total. The van der Waals surface area contributed by atoms with Gasteiger partial charge in [-0.3, -0.25) is 0 Å². The van der Waals surface area contributed by atoms with E-state index in [0.29, 0.717) is 18.1 Å². The van der Waals surface area contributed by atoms with Crippen LogP contribution in [0.5, 0.6) is 11.5 Å². The molecule has 1 aromatic carbocycles. The molecule has 108 valence electrons. The fourth-order valence-corrected chi connectivity index (χ4v) is 2.41. The summed E-state index contributed by atoms with van der Waals surface area (Å²) in [5.41, 5.74) is 0.748. The Bertz CT molecular complexity index is 586. The van der Waals surface area contributed by atoms with Crippen molar-refractivity contribution < 1.29 is 14.6 Å². The Morgan fingerprint density at radius 2 is 2.20 bits per heavy atom. The van der Waals surface area contributed by atoms with Crippen molar-refractivity contribution in [3.63, 3.8) is 0 Å². The zero-order valence-electron chi connectivity index (χ0n) is 11.3. The Balaban J connectivity index is 2.21. The first-order valence-corrected chi connectivity index (χ1v) is 6.95. The maximum atomic E-state index is 9.18. The van der Waals surface area contributed by atoms with Gasteiger partial charge in [0.2, 0.25) is 0 Å². The van der Waals surface area contributed by atoms with Crippen LogP contribution in [0.25, 0.3) is 0 Å². The molecular formula is C13H16BrN3O3. The topological polar surface area (TPSA) is 69.4 Å². The summed E-state index contributed by atoms with van der Waals surface area (Å²) in [4.78, 5) is 4.15. The van der Waals surface area contributed by atoms with Gasteiger partial charge in [0.25, 0.3) is 0 Å². The van der Waals surface area contributed by atoms with E-state index < -0.39 is 0 Å². The Hall–Kier alpha value is -1.60. The van der Waals surface area contributed by atoms with Crippen molar-refractivity contribution in [3.05, 3.63) is 34.3 Å². The van der Waals surface area contributed by atoms with Crippen molar-refractivity contribution in [3.8, 4) is 11.5 Å². The minimum atomic E-state index is -0.0561. The van der Waals surface area contributed by atoms with Crippen LogP contribution in [0.3, 0.4) is 0 Å². The lowest BCUT2D eigenvalue weighted by molar-refractivity contribution is 0.264. The smallest absolute Gasteiger partial charge is 0.176 e. The first-order chi connectivity index (χ1) is 9.69. The van der Waals surface area contributed by atoms with Crippen LogP contribution in [0, 0.1) is 0 Å². The third-order valence-corrected chi connectivity index (χ3v) is 3.40. The van der Waals surface area contributed by atoms with Crippen LogP contribution in [0.2, 0.25) is 0 Å². The van der Waals surface area contributed by atoms with Crippen LogP contribution in [0.15, 0.2) is 22.9 Å². The quantitative estimate of drug-likeness (QED) is 0.871. The second-order valence-corrected chi connectivity index (χ2v) is 4.90. The van der Waals surface area contributed by atoms with Crippen molar-refractivity contribution >= 4 is 15.9 Å². The van der Waals surface area contributed by atoms with Gasteiger partial charge in [-0.25, -0.2) is 9.67 Å². The van der Waals surface area contributed by atoms with Gasteiger partial charge in [0.15, 0.2) is 17.3 Å². The summed E-state index contributed by atoms with van der Waals surface area (Å²) in [6.07, 6.45) is 1.50. The zero-order chi connectivity index (χ0) is 14.5. The minimum absolute atomic E-state index is 0.0561. The molecule has 0 saturated heterocycles. The van der Waals surface area contributed by atoms with Gasteiger partial charge in [-0.15, -0.1) is 0 Å². The van der Waals surface area contributed by atoms with Crippen molar-refractivity contribution in [2.24, 2.45) is 0 Å². The van der Waals surface area contributed by atoms with Gasteiger partial charge in [0, 0.05) is 6.54 Å². The van der Waals surface area contributed by atoms with Crippen LogP contribution in [0.1, 0.15) is 18.3 Å². The average Bonchev–Trinajstić information content (AvgIpc) is 2.92. The number of aliphatic hydroxyl groups excluding tert-OH is 1. The van der Waals surface area contributed by atoms with Crippen molar-refractivity contribution in [2.45, 2.75) is 26.7 Å². The SMILES string of the molecule is CCn1ncnc1COc1c(Br)cc(CO)cc1OC. The highest BCUT2D eigenvalue weighted by molar-refractivity contribution is 9.10. The van der Waals surface area contributed by atoms with Crippen molar-refractivity contribution in [1.29, 1.82) is 0 Å². The first-order valence-electron chi connectivity index (χ1n) is 6.16. The number of ether oxygens (including phenoxy) is 2. The molecule has 0 amide bonds. The van der Waals surface area contributed by atoms with E-state index in [4.69, 9.17) is 9.47 Å². The summed E-state index contributed by atoms with van der Waals surface area (Å²) in [5.74, 6) is 1.88. The first kappa shape index (κ1) is 14.8. The lowest BCUT2D eigenvalue weighted by Gasteiger charge is -2.13. The number of nitrogens with zero attached hydrogens (tertiary/aromatic N) is 3. The van der Waals surface area contributed by atoms with E-state index >= 15 is 0 Å². The number of aliphatic hydroxyl groups is 1. The van der Waals surface area contributed by atoms with Gasteiger partial charge in [0.05, 0.1) is 18.2 Å². The van der Waals surface area contributed by atoms with Gasteiger partial charge < -0.3 is 14.6 Å². The molecule has 1 aromatic heterocycles. The largest absolute Gasteiger partial charge is 0.493 e. The highest BCUT2D eigenvalue weighted by Crippen LogP contribution is 2.37. The zero-order valence-corrected chi connectivity index (χ0v) is 12.9. The van der Waals surface area contributed by atoms with Crippen LogP contribution in [-0.4, -0.2) is 27.0 Å². The predicted molar refractivity (Wildman–Crippen MR) is 76.6 cm³/mol. The Morgan fingerprint density at radius 1 is 1.40 bits per heavy atom. The molecule has 0 atom stereocenters. The third-order valence-electron chi connectivity index (χ3n) is 2.81. The highest BCUT2D eigenvalue weighted by atomic mass is 79.9. The van der Waals surface area contributed by atoms with Crippen LogP contribution in [-0.2, 0) is 19.8 Å².